The number of hydrogen-bond acceptors (Lipinski definition) is 6. The van der Waals surface area contributed by atoms with Gasteiger partial charge in [0.1, 0.15) is 18.1 Å². The lowest BCUT2D eigenvalue weighted by atomic mass is 9.99. The third kappa shape index (κ3) is 5.62. The minimum absolute atomic E-state index is 0.110. The van der Waals surface area contributed by atoms with Gasteiger partial charge in [-0.1, -0.05) is 24.2 Å². The van der Waals surface area contributed by atoms with Crippen LogP contribution < -0.4 is 4.74 Å². The van der Waals surface area contributed by atoms with E-state index in [-0.39, 0.29) is 12.3 Å². The summed E-state index contributed by atoms with van der Waals surface area (Å²) < 4.78 is 16.3. The molecule has 1 saturated heterocycles. The molecule has 3 rings (SSSR count). The van der Waals surface area contributed by atoms with Crippen molar-refractivity contribution in [3.8, 4) is 5.75 Å². The number of nitrogens with zero attached hydrogens (tertiary/aromatic N) is 2. The van der Waals surface area contributed by atoms with Crippen LogP contribution >= 0.6 is 0 Å². The topological polar surface area (TPSA) is 81.9 Å². The molecule has 0 radical (unpaired) electrons. The Morgan fingerprint density at radius 3 is 2.47 bits per heavy atom. The zero-order chi connectivity index (χ0) is 21.7. The lowest BCUT2D eigenvalue weighted by molar-refractivity contribution is -0.159. The summed E-state index contributed by atoms with van der Waals surface area (Å²) >= 11 is 0. The monoisotopic (exact) mass is 414 g/mol. The fourth-order valence-corrected chi connectivity index (χ4v) is 3.51. The molecular formula is C23H30N2O5. The number of carbonyl (C=O) groups is 2. The molecule has 162 valence electrons. The lowest BCUT2D eigenvalue weighted by Crippen LogP contribution is -2.44. The molecule has 0 aliphatic carbocycles. The van der Waals surface area contributed by atoms with Crippen LogP contribution in [0.1, 0.15) is 49.3 Å². The Kier molecular flexibility index (Phi) is 7.13. The number of hydrogen-bond donors (Lipinski definition) is 0. The number of likely N-dealkylation sites (tertiary alicyclic amines) is 1. The average molecular weight is 415 g/mol. The Hall–Kier alpha value is -2.83. The van der Waals surface area contributed by atoms with Crippen LogP contribution in [0.4, 0.5) is 0 Å². The van der Waals surface area contributed by atoms with E-state index < -0.39 is 12.1 Å². The molecule has 0 spiro atoms. The molecule has 1 aliphatic heterocycles. The SMILES string of the molecule is Cc1noc(C)c1COc1ccc(CC(=O)OC(C)C(=O)N2CCC(C)CC2)cc1. The van der Waals surface area contributed by atoms with Crippen LogP contribution in [0.3, 0.4) is 0 Å². The van der Waals surface area contributed by atoms with Gasteiger partial charge in [-0.05, 0) is 57.2 Å². The van der Waals surface area contributed by atoms with Crippen molar-refractivity contribution in [3.63, 3.8) is 0 Å². The molecule has 7 heteroatoms. The van der Waals surface area contributed by atoms with Gasteiger partial charge in [-0.15, -0.1) is 0 Å². The minimum atomic E-state index is -0.761. The number of esters is 1. The van der Waals surface area contributed by atoms with Gasteiger partial charge in [-0.3, -0.25) is 9.59 Å². The zero-order valence-electron chi connectivity index (χ0n) is 18.1. The van der Waals surface area contributed by atoms with Crippen LogP contribution in [0, 0.1) is 19.8 Å². The maximum absolute atomic E-state index is 12.5. The normalized spacial score (nSPS) is 15.7. The van der Waals surface area contributed by atoms with E-state index in [1.165, 1.54) is 0 Å². The van der Waals surface area contributed by atoms with E-state index in [0.717, 1.165) is 48.5 Å². The first-order chi connectivity index (χ1) is 14.3. The third-order valence-corrected chi connectivity index (χ3v) is 5.59. The van der Waals surface area contributed by atoms with Crippen LogP contribution in [0.25, 0.3) is 0 Å². The van der Waals surface area contributed by atoms with Crippen LogP contribution in [-0.2, 0) is 27.4 Å². The second kappa shape index (κ2) is 9.78. The van der Waals surface area contributed by atoms with Gasteiger partial charge in [0.15, 0.2) is 6.10 Å². The highest BCUT2D eigenvalue weighted by atomic mass is 16.5. The molecule has 1 amide bonds. The highest BCUT2D eigenvalue weighted by Gasteiger charge is 2.26. The van der Waals surface area contributed by atoms with Gasteiger partial charge in [0.25, 0.3) is 5.91 Å². The van der Waals surface area contributed by atoms with Crippen LogP contribution in [-0.4, -0.2) is 41.1 Å². The quantitative estimate of drug-likeness (QED) is 0.644. The van der Waals surface area contributed by atoms with Gasteiger partial charge in [0.2, 0.25) is 0 Å². The average Bonchev–Trinajstić information content (AvgIpc) is 3.05. The number of benzene rings is 1. The zero-order valence-corrected chi connectivity index (χ0v) is 18.1. The third-order valence-electron chi connectivity index (χ3n) is 5.59. The maximum Gasteiger partial charge on any atom is 0.311 e. The number of carbonyl (C=O) groups excluding carboxylic acids is 2. The van der Waals surface area contributed by atoms with E-state index in [9.17, 15) is 9.59 Å². The Labute approximate surface area is 177 Å². The molecule has 1 aromatic carbocycles. The smallest absolute Gasteiger partial charge is 0.311 e. The van der Waals surface area contributed by atoms with Crippen LogP contribution in [0.5, 0.6) is 5.75 Å². The fourth-order valence-electron chi connectivity index (χ4n) is 3.51. The van der Waals surface area contributed by atoms with Gasteiger partial charge in [0.05, 0.1) is 17.7 Å². The number of rotatable bonds is 7. The summed E-state index contributed by atoms with van der Waals surface area (Å²) in [6.45, 7) is 9.40. The molecule has 0 saturated carbocycles. The lowest BCUT2D eigenvalue weighted by Gasteiger charge is -2.31. The van der Waals surface area contributed by atoms with Crippen molar-refractivity contribution in [3.05, 3.63) is 46.8 Å². The summed E-state index contributed by atoms with van der Waals surface area (Å²) in [6, 6.07) is 7.26. The van der Waals surface area contributed by atoms with Gasteiger partial charge >= 0.3 is 5.97 Å². The number of amides is 1. The predicted octanol–water partition coefficient (Wildman–Crippen LogP) is 3.60. The Morgan fingerprint density at radius 2 is 1.87 bits per heavy atom. The second-order valence-electron chi connectivity index (χ2n) is 8.05. The van der Waals surface area contributed by atoms with Gasteiger partial charge in [-0.25, -0.2) is 0 Å². The van der Waals surface area contributed by atoms with Crippen molar-refractivity contribution in [2.45, 2.75) is 59.7 Å². The van der Waals surface area contributed by atoms with E-state index in [2.05, 4.69) is 12.1 Å². The highest BCUT2D eigenvalue weighted by Crippen LogP contribution is 2.19. The molecule has 0 N–H and O–H groups in total. The van der Waals surface area contributed by atoms with Crippen molar-refractivity contribution in [1.29, 1.82) is 0 Å². The van der Waals surface area contributed by atoms with E-state index in [4.69, 9.17) is 14.0 Å². The number of aromatic nitrogens is 1. The van der Waals surface area contributed by atoms with Gasteiger partial charge < -0.3 is 18.9 Å². The summed E-state index contributed by atoms with van der Waals surface area (Å²) in [5, 5.41) is 3.91. The number of ether oxygens (including phenoxy) is 2. The molecule has 1 fully saturated rings. The van der Waals surface area contributed by atoms with Crippen LogP contribution in [0.15, 0.2) is 28.8 Å². The largest absolute Gasteiger partial charge is 0.489 e. The molecule has 1 aromatic heterocycles. The Morgan fingerprint density at radius 1 is 1.20 bits per heavy atom. The summed E-state index contributed by atoms with van der Waals surface area (Å²) in [4.78, 5) is 26.5. The van der Waals surface area contributed by atoms with Gasteiger partial charge in [-0.2, -0.15) is 0 Å². The number of piperidine rings is 1. The van der Waals surface area contributed by atoms with Crippen molar-refractivity contribution in [2.75, 3.05) is 13.1 Å². The van der Waals surface area contributed by atoms with Crippen molar-refractivity contribution in [2.24, 2.45) is 5.92 Å². The molecule has 0 bridgehead atoms. The summed E-state index contributed by atoms with van der Waals surface area (Å²) in [7, 11) is 0. The summed E-state index contributed by atoms with van der Waals surface area (Å²) in [5.41, 5.74) is 2.55. The first-order valence-electron chi connectivity index (χ1n) is 10.4. The Bertz CT molecular complexity index is 847. The van der Waals surface area contributed by atoms with Crippen molar-refractivity contribution >= 4 is 11.9 Å². The fraction of sp³-hybridized carbons (Fsp3) is 0.522. The maximum atomic E-state index is 12.5. The molecule has 30 heavy (non-hydrogen) atoms. The molecule has 1 aliphatic rings. The van der Waals surface area contributed by atoms with E-state index >= 15 is 0 Å². The highest BCUT2D eigenvalue weighted by molar-refractivity contribution is 5.84. The minimum Gasteiger partial charge on any atom is -0.489 e. The second-order valence-corrected chi connectivity index (χ2v) is 8.05. The van der Waals surface area contributed by atoms with E-state index in [0.29, 0.717) is 18.3 Å². The molecule has 1 unspecified atom stereocenters. The first kappa shape index (κ1) is 21.9. The molecule has 2 heterocycles. The Balaban J connectivity index is 1.46. The predicted molar refractivity (Wildman–Crippen MR) is 111 cm³/mol. The standard InChI is InChI=1S/C23H30N2O5/c1-15-9-11-25(12-10-15)23(27)18(4)29-22(26)13-19-5-7-20(8-6-19)28-14-21-16(2)24-30-17(21)3/h5-8,15,18H,9-14H2,1-4H3. The van der Waals surface area contributed by atoms with Crippen LogP contribution in [0.2, 0.25) is 0 Å². The molecule has 2 aromatic rings. The number of aryl methyl sites for hydroxylation is 2. The van der Waals surface area contributed by atoms with Crippen molar-refractivity contribution < 1.29 is 23.6 Å². The van der Waals surface area contributed by atoms with Crippen molar-refractivity contribution in [1.82, 2.24) is 10.1 Å². The molecule has 1 atom stereocenters. The van der Waals surface area contributed by atoms with E-state index in [1.54, 1.807) is 11.8 Å². The first-order valence-corrected chi connectivity index (χ1v) is 10.4. The van der Waals surface area contributed by atoms with Gasteiger partial charge in [0, 0.05) is 13.1 Å². The summed E-state index contributed by atoms with van der Waals surface area (Å²) in [5.74, 6) is 1.55. The summed E-state index contributed by atoms with van der Waals surface area (Å²) in [6.07, 6.45) is 1.34. The van der Waals surface area contributed by atoms with E-state index in [1.807, 2.05) is 38.1 Å². The molecule has 7 nitrogen and oxygen atoms in total. The molecular weight excluding hydrogens is 384 g/mol.